The molecule has 0 spiro atoms. The Labute approximate surface area is 186 Å². The highest BCUT2D eigenvalue weighted by Gasteiger charge is 2.31. The van der Waals surface area contributed by atoms with Gasteiger partial charge in [0.1, 0.15) is 22.7 Å². The van der Waals surface area contributed by atoms with Crippen LogP contribution in [0, 0.1) is 0 Å². The monoisotopic (exact) mass is 436 g/mol. The summed E-state index contributed by atoms with van der Waals surface area (Å²) >= 11 is 0. The summed E-state index contributed by atoms with van der Waals surface area (Å²) in [6.45, 7) is 5.95. The van der Waals surface area contributed by atoms with Crippen LogP contribution < -0.4 is 20.4 Å². The number of nitrogens with zero attached hydrogens (tertiary/aromatic N) is 1. The molecule has 0 radical (unpaired) electrons. The van der Waals surface area contributed by atoms with E-state index in [0.29, 0.717) is 22.8 Å². The molecule has 0 saturated carbocycles. The molecule has 4 rings (SSSR count). The number of pyridine rings is 1. The van der Waals surface area contributed by atoms with E-state index in [1.54, 1.807) is 24.5 Å². The normalized spacial score (nSPS) is 14.5. The van der Waals surface area contributed by atoms with Crippen LogP contribution in [0.5, 0.6) is 11.5 Å². The van der Waals surface area contributed by atoms with E-state index in [-0.39, 0.29) is 23.7 Å². The molecule has 7 heteroatoms. The molecule has 168 valence electrons. The Kier molecular flexibility index (Phi) is 6.17. The average Bonchev–Trinajstić information content (AvgIpc) is 2.75. The van der Waals surface area contributed by atoms with Crippen LogP contribution in [0.25, 0.3) is 11.0 Å². The summed E-state index contributed by atoms with van der Waals surface area (Å²) < 4.78 is 17.8. The van der Waals surface area contributed by atoms with Gasteiger partial charge in [0.05, 0.1) is 17.3 Å². The molecule has 1 N–H and O–H groups in total. The highest BCUT2D eigenvalue weighted by Crippen LogP contribution is 2.43. The van der Waals surface area contributed by atoms with Gasteiger partial charge in [0.2, 0.25) is 0 Å². The van der Waals surface area contributed by atoms with Crippen molar-refractivity contribution >= 4 is 22.6 Å². The zero-order valence-corrected chi connectivity index (χ0v) is 18.7. The van der Waals surface area contributed by atoms with E-state index in [1.807, 2.05) is 19.9 Å². The second-order valence-electron chi connectivity index (χ2n) is 8.69. The van der Waals surface area contributed by atoms with Crippen molar-refractivity contribution in [2.75, 3.05) is 11.9 Å². The lowest BCUT2D eigenvalue weighted by Crippen LogP contribution is -2.32. The molecule has 7 nitrogen and oxygen atoms in total. The summed E-state index contributed by atoms with van der Waals surface area (Å²) in [6, 6.07) is 6.85. The molecular weight excluding hydrogens is 408 g/mol. The predicted octanol–water partition coefficient (Wildman–Crippen LogP) is 4.65. The molecule has 0 aliphatic carbocycles. The predicted molar refractivity (Wildman–Crippen MR) is 122 cm³/mol. The molecule has 0 saturated heterocycles. The highest BCUT2D eigenvalue weighted by atomic mass is 16.5. The van der Waals surface area contributed by atoms with Crippen LogP contribution >= 0.6 is 0 Å². The van der Waals surface area contributed by atoms with Crippen molar-refractivity contribution in [2.45, 2.75) is 58.5 Å². The van der Waals surface area contributed by atoms with Crippen LogP contribution in [0.15, 0.2) is 45.9 Å². The van der Waals surface area contributed by atoms with Gasteiger partial charge in [-0.25, -0.2) is 4.79 Å². The van der Waals surface area contributed by atoms with Crippen LogP contribution in [0.4, 0.5) is 5.69 Å². The summed E-state index contributed by atoms with van der Waals surface area (Å²) in [5.74, 6) is 0.803. The van der Waals surface area contributed by atoms with Crippen molar-refractivity contribution in [2.24, 2.45) is 0 Å². The van der Waals surface area contributed by atoms with Crippen LogP contribution in [0.2, 0.25) is 0 Å². The third kappa shape index (κ3) is 4.77. The number of fused-ring (bicyclic) bond motifs is 3. The molecule has 3 aromatic rings. The smallest absolute Gasteiger partial charge is 0.336 e. The van der Waals surface area contributed by atoms with Crippen molar-refractivity contribution in [3.63, 3.8) is 0 Å². The standard InChI is InChI=1S/C25H28N2O5/c1-4-5-7-16-12-22(29)31-24-18-9-10-25(2,3)32-19(18)13-20(23(16)24)30-15-21(28)27-17-8-6-11-26-14-17/h6,8,11-14H,4-5,7,9-10,15H2,1-3H3,(H,27,28). The summed E-state index contributed by atoms with van der Waals surface area (Å²) in [4.78, 5) is 28.8. The van der Waals surface area contributed by atoms with E-state index in [4.69, 9.17) is 13.9 Å². The van der Waals surface area contributed by atoms with E-state index in [2.05, 4.69) is 17.2 Å². The quantitative estimate of drug-likeness (QED) is 0.542. The molecule has 2 aromatic heterocycles. The molecule has 0 unspecified atom stereocenters. The van der Waals surface area contributed by atoms with Gasteiger partial charge in [-0.3, -0.25) is 9.78 Å². The lowest BCUT2D eigenvalue weighted by molar-refractivity contribution is -0.118. The molecule has 1 aliphatic rings. The fourth-order valence-corrected chi connectivity index (χ4v) is 3.97. The minimum Gasteiger partial charge on any atom is -0.487 e. The first kappa shape index (κ1) is 21.9. The first-order valence-electron chi connectivity index (χ1n) is 11.0. The van der Waals surface area contributed by atoms with E-state index in [0.717, 1.165) is 48.6 Å². The Morgan fingerprint density at radius 1 is 1.31 bits per heavy atom. The lowest BCUT2D eigenvalue weighted by Gasteiger charge is -2.33. The molecule has 1 aromatic carbocycles. The van der Waals surface area contributed by atoms with E-state index >= 15 is 0 Å². The summed E-state index contributed by atoms with van der Waals surface area (Å²) in [6.07, 6.45) is 7.40. The van der Waals surface area contributed by atoms with E-state index in [1.165, 1.54) is 6.07 Å². The van der Waals surface area contributed by atoms with Gasteiger partial charge in [-0.15, -0.1) is 0 Å². The van der Waals surface area contributed by atoms with E-state index < -0.39 is 0 Å². The van der Waals surface area contributed by atoms with Gasteiger partial charge in [-0.1, -0.05) is 13.3 Å². The average molecular weight is 437 g/mol. The summed E-state index contributed by atoms with van der Waals surface area (Å²) in [5, 5.41) is 3.51. The number of anilines is 1. The minimum atomic E-state index is -0.387. The molecule has 0 bridgehead atoms. The number of unbranched alkanes of at least 4 members (excludes halogenated alkanes) is 1. The third-order valence-corrected chi connectivity index (χ3v) is 5.59. The number of rotatable bonds is 7. The van der Waals surface area contributed by atoms with Crippen molar-refractivity contribution in [3.8, 4) is 11.5 Å². The lowest BCUT2D eigenvalue weighted by atomic mass is 9.91. The van der Waals surface area contributed by atoms with Gasteiger partial charge in [0, 0.05) is 23.9 Å². The molecule has 0 fully saturated rings. The van der Waals surface area contributed by atoms with Crippen LogP contribution in [0.1, 0.15) is 51.2 Å². The summed E-state index contributed by atoms with van der Waals surface area (Å²) in [7, 11) is 0. The van der Waals surface area contributed by atoms with Crippen LogP contribution in [-0.2, 0) is 17.6 Å². The third-order valence-electron chi connectivity index (χ3n) is 5.59. The molecule has 3 heterocycles. The highest BCUT2D eigenvalue weighted by molar-refractivity contribution is 5.94. The van der Waals surface area contributed by atoms with Gasteiger partial charge < -0.3 is 19.2 Å². The van der Waals surface area contributed by atoms with Crippen LogP contribution in [0.3, 0.4) is 0 Å². The Morgan fingerprint density at radius 3 is 2.91 bits per heavy atom. The van der Waals surface area contributed by atoms with E-state index in [9.17, 15) is 9.59 Å². The van der Waals surface area contributed by atoms with Crippen LogP contribution in [-0.4, -0.2) is 23.1 Å². The Balaban J connectivity index is 1.72. The fourth-order valence-electron chi connectivity index (χ4n) is 3.97. The van der Waals surface area contributed by atoms with Gasteiger partial charge in [0.15, 0.2) is 6.61 Å². The number of carbonyl (C=O) groups excluding carboxylic acids is 1. The molecular formula is C25H28N2O5. The summed E-state index contributed by atoms with van der Waals surface area (Å²) in [5.41, 5.74) is 2.11. The first-order valence-corrected chi connectivity index (χ1v) is 11.0. The zero-order valence-electron chi connectivity index (χ0n) is 18.7. The molecule has 1 aliphatic heterocycles. The van der Waals surface area contributed by atoms with Gasteiger partial charge in [-0.2, -0.15) is 0 Å². The van der Waals surface area contributed by atoms with Gasteiger partial charge in [0.25, 0.3) is 5.91 Å². The maximum atomic E-state index is 12.5. The number of aryl methyl sites for hydroxylation is 2. The zero-order chi connectivity index (χ0) is 22.7. The Bertz CT molecular complexity index is 1180. The number of carbonyl (C=O) groups is 1. The second-order valence-corrected chi connectivity index (χ2v) is 8.69. The number of ether oxygens (including phenoxy) is 2. The number of aromatic nitrogens is 1. The van der Waals surface area contributed by atoms with Crippen molar-refractivity contribution in [3.05, 3.63) is 58.2 Å². The largest absolute Gasteiger partial charge is 0.487 e. The molecule has 32 heavy (non-hydrogen) atoms. The number of hydrogen-bond donors (Lipinski definition) is 1. The minimum absolute atomic E-state index is 0.196. The van der Waals surface area contributed by atoms with Gasteiger partial charge >= 0.3 is 5.63 Å². The maximum Gasteiger partial charge on any atom is 0.336 e. The maximum absolute atomic E-state index is 12.5. The topological polar surface area (TPSA) is 90.7 Å². The number of hydrogen-bond acceptors (Lipinski definition) is 6. The molecule has 0 atom stereocenters. The first-order chi connectivity index (χ1) is 15.4. The van der Waals surface area contributed by atoms with Crippen molar-refractivity contribution < 1.29 is 18.7 Å². The Hall–Kier alpha value is -3.35. The SMILES string of the molecule is CCCCc1cc(=O)oc2c3c(cc(OCC(=O)Nc4cccnc4)c12)OC(C)(C)CC3. The second kappa shape index (κ2) is 9.02. The van der Waals surface area contributed by atoms with Crippen molar-refractivity contribution in [1.82, 2.24) is 4.98 Å². The number of nitrogens with one attached hydrogen (secondary N) is 1. The van der Waals surface area contributed by atoms with Crippen molar-refractivity contribution in [1.29, 1.82) is 0 Å². The fraction of sp³-hybridized carbons (Fsp3) is 0.400. The Morgan fingerprint density at radius 2 is 2.16 bits per heavy atom. The van der Waals surface area contributed by atoms with Gasteiger partial charge in [-0.05, 0) is 57.2 Å². The number of amides is 1. The molecule has 1 amide bonds. The number of benzene rings is 1.